The van der Waals surface area contributed by atoms with E-state index in [2.05, 4.69) is 11.2 Å². The Labute approximate surface area is 134 Å². The molecule has 1 aliphatic rings. The molecule has 1 aliphatic carbocycles. The molecule has 1 saturated carbocycles. The minimum absolute atomic E-state index is 0.0828. The minimum Gasteiger partial charge on any atom is -0.475 e. The van der Waals surface area contributed by atoms with Crippen LogP contribution in [0.25, 0.3) is 0 Å². The molecule has 6 heteroatoms. The zero-order valence-electron chi connectivity index (χ0n) is 12.9. The number of rotatable bonds is 5. The monoisotopic (exact) mass is 323 g/mol. The van der Waals surface area contributed by atoms with Crippen molar-refractivity contribution in [3.05, 3.63) is 29.3 Å². The molecule has 23 heavy (non-hydrogen) atoms. The first-order valence-electron chi connectivity index (χ1n) is 7.45. The van der Waals surface area contributed by atoms with Crippen molar-refractivity contribution in [1.82, 2.24) is 5.32 Å². The molecule has 2 rings (SSSR count). The van der Waals surface area contributed by atoms with Gasteiger partial charge in [0.1, 0.15) is 6.61 Å². The van der Waals surface area contributed by atoms with Crippen LogP contribution in [0.4, 0.5) is 8.78 Å². The number of carbonyl (C=O) groups excluding carboxylic acids is 1. The van der Waals surface area contributed by atoms with E-state index in [1.54, 1.807) is 7.11 Å². The lowest BCUT2D eigenvalue weighted by molar-refractivity contribution is 0.0392. The lowest BCUT2D eigenvalue weighted by atomic mass is 9.92. The number of amides is 1. The third kappa shape index (κ3) is 4.20. The van der Waals surface area contributed by atoms with Crippen molar-refractivity contribution >= 4 is 5.91 Å². The maximum Gasteiger partial charge on any atom is 0.251 e. The predicted octanol–water partition coefficient (Wildman–Crippen LogP) is 2.66. The van der Waals surface area contributed by atoms with E-state index in [-0.39, 0.29) is 24.3 Å². The largest absolute Gasteiger partial charge is 0.475 e. The van der Waals surface area contributed by atoms with Gasteiger partial charge in [0.05, 0.1) is 12.1 Å². The summed E-state index contributed by atoms with van der Waals surface area (Å²) in [6, 6.07) is 1.72. The van der Waals surface area contributed by atoms with Crippen molar-refractivity contribution in [2.75, 3.05) is 13.7 Å². The molecule has 0 aliphatic heterocycles. The van der Waals surface area contributed by atoms with E-state index in [1.165, 1.54) is 0 Å². The Balaban J connectivity index is 2.12. The van der Waals surface area contributed by atoms with E-state index in [0.717, 1.165) is 37.8 Å². The average Bonchev–Trinajstić information content (AvgIpc) is 2.54. The van der Waals surface area contributed by atoms with Crippen molar-refractivity contribution in [3.63, 3.8) is 0 Å². The standard InChI is InChI=1S/C17H19F2NO3/c1-3-8-23-16-12(18)9-11(10-13(16)19)17(21)20-14-6-4-5-7-15(14)22-2/h1,9-10,14-15H,4-8H2,2H3,(H,20,21). The Kier molecular flexibility index (Phi) is 5.94. The highest BCUT2D eigenvalue weighted by Crippen LogP contribution is 2.24. The highest BCUT2D eigenvalue weighted by molar-refractivity contribution is 5.94. The fraction of sp³-hybridized carbons (Fsp3) is 0.471. The van der Waals surface area contributed by atoms with Gasteiger partial charge in [0, 0.05) is 12.7 Å². The summed E-state index contributed by atoms with van der Waals surface area (Å²) in [7, 11) is 1.59. The normalized spacial score (nSPS) is 20.6. The van der Waals surface area contributed by atoms with E-state index in [1.807, 2.05) is 0 Å². The van der Waals surface area contributed by atoms with Crippen molar-refractivity contribution in [1.29, 1.82) is 0 Å². The molecule has 124 valence electrons. The van der Waals surface area contributed by atoms with Gasteiger partial charge in [0.25, 0.3) is 5.91 Å². The Morgan fingerprint density at radius 2 is 2.00 bits per heavy atom. The number of nitrogens with one attached hydrogen (secondary N) is 1. The fourth-order valence-electron chi connectivity index (χ4n) is 2.74. The second-order valence-corrected chi connectivity index (χ2v) is 5.40. The van der Waals surface area contributed by atoms with Crippen LogP contribution in [0.3, 0.4) is 0 Å². The lowest BCUT2D eigenvalue weighted by Crippen LogP contribution is -2.46. The molecule has 1 N–H and O–H groups in total. The molecule has 0 saturated heterocycles. The zero-order chi connectivity index (χ0) is 16.8. The van der Waals surface area contributed by atoms with Gasteiger partial charge in [-0.05, 0) is 25.0 Å². The number of hydrogen-bond donors (Lipinski definition) is 1. The topological polar surface area (TPSA) is 47.6 Å². The molecular weight excluding hydrogens is 304 g/mol. The van der Waals surface area contributed by atoms with Crippen molar-refractivity contribution in [2.24, 2.45) is 0 Å². The molecule has 0 heterocycles. The Hall–Kier alpha value is -2.13. The fourth-order valence-corrected chi connectivity index (χ4v) is 2.74. The smallest absolute Gasteiger partial charge is 0.251 e. The van der Waals surface area contributed by atoms with Gasteiger partial charge >= 0.3 is 0 Å². The molecule has 0 spiro atoms. The summed E-state index contributed by atoms with van der Waals surface area (Å²) in [4.78, 5) is 12.2. The number of carbonyl (C=O) groups is 1. The third-order valence-corrected chi connectivity index (χ3v) is 3.88. The van der Waals surface area contributed by atoms with E-state index < -0.39 is 23.3 Å². The molecule has 1 aromatic rings. The second kappa shape index (κ2) is 7.93. The third-order valence-electron chi connectivity index (χ3n) is 3.88. The van der Waals surface area contributed by atoms with Crippen LogP contribution in [0.1, 0.15) is 36.0 Å². The molecule has 4 nitrogen and oxygen atoms in total. The van der Waals surface area contributed by atoms with Gasteiger partial charge in [0.15, 0.2) is 17.4 Å². The van der Waals surface area contributed by atoms with Crippen LogP contribution in [0, 0.1) is 24.0 Å². The van der Waals surface area contributed by atoms with Crippen LogP contribution < -0.4 is 10.1 Å². The van der Waals surface area contributed by atoms with E-state index in [0.29, 0.717) is 0 Å². The SMILES string of the molecule is C#CCOc1c(F)cc(C(=O)NC2CCCCC2OC)cc1F. The highest BCUT2D eigenvalue weighted by Gasteiger charge is 2.27. The second-order valence-electron chi connectivity index (χ2n) is 5.40. The quantitative estimate of drug-likeness (QED) is 0.848. The minimum atomic E-state index is -0.961. The van der Waals surface area contributed by atoms with Gasteiger partial charge in [-0.2, -0.15) is 0 Å². The summed E-state index contributed by atoms with van der Waals surface area (Å²) < 4.78 is 37.9. The lowest BCUT2D eigenvalue weighted by Gasteiger charge is -2.31. The Morgan fingerprint density at radius 3 is 2.61 bits per heavy atom. The van der Waals surface area contributed by atoms with E-state index in [9.17, 15) is 13.6 Å². The summed E-state index contributed by atoms with van der Waals surface area (Å²) in [6.07, 6.45) is 8.55. The maximum absolute atomic E-state index is 13.9. The number of benzene rings is 1. The van der Waals surface area contributed by atoms with Gasteiger partial charge in [-0.25, -0.2) is 8.78 Å². The van der Waals surface area contributed by atoms with Crippen LogP contribution in [-0.4, -0.2) is 31.8 Å². The van der Waals surface area contributed by atoms with Gasteiger partial charge in [0.2, 0.25) is 0 Å². The molecule has 1 aromatic carbocycles. The number of terminal acetylenes is 1. The van der Waals surface area contributed by atoms with Gasteiger partial charge < -0.3 is 14.8 Å². The summed E-state index contributed by atoms with van der Waals surface area (Å²) in [5, 5.41) is 2.78. The van der Waals surface area contributed by atoms with Crippen LogP contribution in [-0.2, 0) is 4.74 Å². The first-order chi connectivity index (χ1) is 11.1. The zero-order valence-corrected chi connectivity index (χ0v) is 12.9. The molecule has 0 radical (unpaired) electrons. The summed E-state index contributed by atoms with van der Waals surface area (Å²) in [5.74, 6) is -0.915. The molecule has 1 fully saturated rings. The molecule has 1 amide bonds. The van der Waals surface area contributed by atoms with Gasteiger partial charge in [-0.15, -0.1) is 6.42 Å². The van der Waals surface area contributed by atoms with Crippen LogP contribution >= 0.6 is 0 Å². The number of ether oxygens (including phenoxy) is 2. The molecule has 2 atom stereocenters. The highest BCUT2D eigenvalue weighted by atomic mass is 19.1. The average molecular weight is 323 g/mol. The van der Waals surface area contributed by atoms with Crippen LogP contribution in [0.5, 0.6) is 5.75 Å². The summed E-state index contributed by atoms with van der Waals surface area (Å²) in [6.45, 7) is -0.253. The van der Waals surface area contributed by atoms with Gasteiger partial charge in [-0.3, -0.25) is 4.79 Å². The first-order valence-corrected chi connectivity index (χ1v) is 7.45. The van der Waals surface area contributed by atoms with Gasteiger partial charge in [-0.1, -0.05) is 18.8 Å². The summed E-state index contributed by atoms with van der Waals surface area (Å²) in [5.41, 5.74) is -0.103. The molecule has 0 aromatic heterocycles. The number of halogens is 2. The predicted molar refractivity (Wildman–Crippen MR) is 81.2 cm³/mol. The Bertz CT molecular complexity index is 589. The number of methoxy groups -OCH3 is 1. The van der Waals surface area contributed by atoms with E-state index in [4.69, 9.17) is 15.9 Å². The Morgan fingerprint density at radius 1 is 1.35 bits per heavy atom. The maximum atomic E-state index is 13.9. The van der Waals surface area contributed by atoms with Crippen molar-refractivity contribution in [2.45, 2.75) is 37.8 Å². The van der Waals surface area contributed by atoms with Crippen molar-refractivity contribution < 1.29 is 23.0 Å². The number of hydrogen-bond acceptors (Lipinski definition) is 3. The van der Waals surface area contributed by atoms with Crippen LogP contribution in [0.2, 0.25) is 0 Å². The molecule has 2 unspecified atom stereocenters. The van der Waals surface area contributed by atoms with Crippen molar-refractivity contribution in [3.8, 4) is 18.1 Å². The first kappa shape index (κ1) is 17.2. The molecule has 0 bridgehead atoms. The van der Waals surface area contributed by atoms with Crippen LogP contribution in [0.15, 0.2) is 12.1 Å². The summed E-state index contributed by atoms with van der Waals surface area (Å²) >= 11 is 0. The van der Waals surface area contributed by atoms with E-state index >= 15 is 0 Å². The molecular formula is C17H19F2NO3.